The van der Waals surface area contributed by atoms with Crippen LogP contribution in [-0.2, 0) is 4.74 Å². The molecular formula is C24H29N3O3S2. The van der Waals surface area contributed by atoms with Crippen molar-refractivity contribution >= 4 is 44.4 Å². The van der Waals surface area contributed by atoms with E-state index in [-0.39, 0.29) is 5.91 Å². The molecule has 32 heavy (non-hydrogen) atoms. The fourth-order valence-corrected chi connectivity index (χ4v) is 5.42. The molecule has 2 aromatic carbocycles. The zero-order chi connectivity index (χ0) is 22.3. The van der Waals surface area contributed by atoms with Crippen LogP contribution in [0.1, 0.15) is 23.7 Å². The summed E-state index contributed by atoms with van der Waals surface area (Å²) in [5.74, 6) is 0.756. The van der Waals surface area contributed by atoms with Gasteiger partial charge >= 0.3 is 0 Å². The number of fused-ring (bicyclic) bond motifs is 1. The van der Waals surface area contributed by atoms with E-state index in [2.05, 4.69) is 4.90 Å². The lowest BCUT2D eigenvalue weighted by atomic mass is 10.2. The summed E-state index contributed by atoms with van der Waals surface area (Å²) in [7, 11) is 0. The van der Waals surface area contributed by atoms with E-state index < -0.39 is 0 Å². The Labute approximate surface area is 197 Å². The predicted molar refractivity (Wildman–Crippen MR) is 133 cm³/mol. The summed E-state index contributed by atoms with van der Waals surface area (Å²) < 4.78 is 12.3. The minimum absolute atomic E-state index is 0.00561. The fraction of sp³-hybridized carbons (Fsp3) is 0.417. The van der Waals surface area contributed by atoms with E-state index in [0.717, 1.165) is 70.8 Å². The summed E-state index contributed by atoms with van der Waals surface area (Å²) in [5.41, 5.74) is 1.54. The van der Waals surface area contributed by atoms with Crippen molar-refractivity contribution in [2.75, 3.05) is 57.2 Å². The van der Waals surface area contributed by atoms with Crippen molar-refractivity contribution in [3.05, 3.63) is 48.0 Å². The maximum atomic E-state index is 13.7. The first kappa shape index (κ1) is 23.0. The summed E-state index contributed by atoms with van der Waals surface area (Å²) in [5, 5.41) is 0.718. The number of ether oxygens (including phenoxy) is 2. The van der Waals surface area contributed by atoms with E-state index in [4.69, 9.17) is 14.5 Å². The van der Waals surface area contributed by atoms with Crippen LogP contribution in [0.3, 0.4) is 0 Å². The Bertz CT molecular complexity index is 1050. The number of amides is 1. The summed E-state index contributed by atoms with van der Waals surface area (Å²) >= 11 is 3.13. The molecule has 0 atom stereocenters. The molecule has 0 unspecified atom stereocenters. The lowest BCUT2D eigenvalue weighted by Gasteiger charge is -2.28. The third-order valence-corrected chi connectivity index (χ3v) is 7.28. The molecule has 0 aliphatic carbocycles. The molecule has 1 saturated heterocycles. The number of carbonyl (C=O) groups is 1. The second-order valence-electron chi connectivity index (χ2n) is 7.50. The summed E-state index contributed by atoms with van der Waals surface area (Å²) in [6.07, 6.45) is 2.88. The highest BCUT2D eigenvalue weighted by Gasteiger charge is 2.24. The van der Waals surface area contributed by atoms with E-state index >= 15 is 0 Å². The normalized spacial score (nSPS) is 14.6. The predicted octanol–water partition coefficient (Wildman–Crippen LogP) is 4.79. The molecule has 0 N–H and O–H groups in total. The molecule has 2 heterocycles. The van der Waals surface area contributed by atoms with E-state index in [1.807, 2.05) is 60.5 Å². The average molecular weight is 472 g/mol. The topological polar surface area (TPSA) is 54.9 Å². The van der Waals surface area contributed by atoms with Crippen LogP contribution in [0.5, 0.6) is 5.75 Å². The zero-order valence-corrected chi connectivity index (χ0v) is 20.2. The van der Waals surface area contributed by atoms with E-state index in [1.165, 1.54) is 0 Å². The molecule has 0 radical (unpaired) electrons. The van der Waals surface area contributed by atoms with Crippen LogP contribution in [0.15, 0.2) is 47.4 Å². The van der Waals surface area contributed by atoms with Gasteiger partial charge in [0.1, 0.15) is 11.3 Å². The number of para-hydroxylation sites is 1. The third kappa shape index (κ3) is 5.26. The molecule has 1 aliphatic heterocycles. The van der Waals surface area contributed by atoms with Crippen LogP contribution in [-0.4, -0.2) is 68.0 Å². The van der Waals surface area contributed by atoms with Crippen LogP contribution in [0.2, 0.25) is 0 Å². The van der Waals surface area contributed by atoms with E-state index in [9.17, 15) is 4.79 Å². The number of anilines is 1. The number of benzene rings is 2. The standard InChI is InChI=1S/C24H29N3O3S2/c1-3-30-19-9-6-11-21-22(19)25-24(32-21)27(13-7-12-26-14-16-29-17-15-26)23(28)18-8-4-5-10-20(18)31-2/h4-6,8-11H,3,7,12-17H2,1-2H3. The molecule has 8 heteroatoms. The molecule has 1 aliphatic rings. The minimum atomic E-state index is -0.00561. The van der Waals surface area contributed by atoms with Crippen molar-refractivity contribution in [3.8, 4) is 5.75 Å². The number of hydrogen-bond donors (Lipinski definition) is 0. The second-order valence-corrected chi connectivity index (χ2v) is 9.35. The first-order chi connectivity index (χ1) is 15.7. The Balaban J connectivity index is 1.63. The zero-order valence-electron chi connectivity index (χ0n) is 18.6. The fourth-order valence-electron chi connectivity index (χ4n) is 3.83. The van der Waals surface area contributed by atoms with Crippen molar-refractivity contribution in [1.29, 1.82) is 0 Å². The first-order valence-corrected chi connectivity index (χ1v) is 13.0. The highest BCUT2D eigenvalue weighted by Crippen LogP contribution is 2.35. The molecule has 170 valence electrons. The Morgan fingerprint density at radius 2 is 2.03 bits per heavy atom. The summed E-state index contributed by atoms with van der Waals surface area (Å²) in [6.45, 7) is 7.55. The number of morpholine rings is 1. The van der Waals surface area contributed by atoms with Gasteiger partial charge in [-0.2, -0.15) is 0 Å². The molecule has 4 rings (SSSR count). The van der Waals surface area contributed by atoms with Gasteiger partial charge in [0.05, 0.1) is 30.1 Å². The van der Waals surface area contributed by atoms with Gasteiger partial charge in [-0.25, -0.2) is 4.98 Å². The van der Waals surface area contributed by atoms with Gasteiger partial charge in [0.25, 0.3) is 5.91 Å². The quantitative estimate of drug-likeness (QED) is 0.419. The highest BCUT2D eigenvalue weighted by molar-refractivity contribution is 7.98. The minimum Gasteiger partial charge on any atom is -0.492 e. The van der Waals surface area contributed by atoms with Crippen LogP contribution in [0.25, 0.3) is 10.2 Å². The molecule has 3 aromatic rings. The summed E-state index contributed by atoms with van der Waals surface area (Å²) in [4.78, 5) is 23.8. The molecular weight excluding hydrogens is 442 g/mol. The van der Waals surface area contributed by atoms with Gasteiger partial charge in [0.15, 0.2) is 5.13 Å². The smallest absolute Gasteiger partial charge is 0.261 e. The lowest BCUT2D eigenvalue weighted by Crippen LogP contribution is -2.39. The van der Waals surface area contributed by atoms with Gasteiger partial charge in [0.2, 0.25) is 0 Å². The highest BCUT2D eigenvalue weighted by atomic mass is 32.2. The molecule has 0 saturated carbocycles. The van der Waals surface area contributed by atoms with Crippen molar-refractivity contribution in [2.45, 2.75) is 18.2 Å². The van der Waals surface area contributed by atoms with Gasteiger partial charge in [-0.05, 0) is 43.9 Å². The molecule has 1 aromatic heterocycles. The maximum Gasteiger partial charge on any atom is 0.261 e. The average Bonchev–Trinajstić information content (AvgIpc) is 3.27. The maximum absolute atomic E-state index is 13.7. The first-order valence-electron chi connectivity index (χ1n) is 11.0. The second kappa shape index (κ2) is 11.1. The molecule has 1 amide bonds. The van der Waals surface area contributed by atoms with Crippen LogP contribution < -0.4 is 9.64 Å². The Kier molecular flexibility index (Phi) is 8.02. The van der Waals surface area contributed by atoms with Crippen molar-refractivity contribution in [3.63, 3.8) is 0 Å². The number of nitrogens with zero attached hydrogens (tertiary/aromatic N) is 3. The van der Waals surface area contributed by atoms with Gasteiger partial charge in [-0.1, -0.05) is 29.5 Å². The van der Waals surface area contributed by atoms with Crippen LogP contribution >= 0.6 is 23.1 Å². The van der Waals surface area contributed by atoms with Crippen molar-refractivity contribution in [1.82, 2.24) is 9.88 Å². The Morgan fingerprint density at radius 1 is 1.22 bits per heavy atom. The molecule has 6 nitrogen and oxygen atoms in total. The Morgan fingerprint density at radius 3 is 2.81 bits per heavy atom. The third-order valence-electron chi connectivity index (χ3n) is 5.44. The number of carbonyl (C=O) groups excluding carboxylic acids is 1. The van der Waals surface area contributed by atoms with Gasteiger partial charge in [0, 0.05) is 31.1 Å². The van der Waals surface area contributed by atoms with Crippen molar-refractivity contribution in [2.24, 2.45) is 0 Å². The largest absolute Gasteiger partial charge is 0.492 e. The number of rotatable bonds is 9. The number of aromatic nitrogens is 1. The number of thiazole rings is 1. The Hall–Kier alpha value is -2.13. The number of thioether (sulfide) groups is 1. The monoisotopic (exact) mass is 471 g/mol. The van der Waals surface area contributed by atoms with Gasteiger partial charge < -0.3 is 9.47 Å². The molecule has 0 spiro atoms. The SMILES string of the molecule is CCOc1cccc2sc(N(CCCN3CCOCC3)C(=O)c3ccccc3SC)nc12. The van der Waals surface area contributed by atoms with Crippen LogP contribution in [0.4, 0.5) is 5.13 Å². The van der Waals surface area contributed by atoms with Gasteiger partial charge in [-0.3, -0.25) is 14.6 Å². The van der Waals surface area contributed by atoms with Crippen LogP contribution in [0, 0.1) is 0 Å². The molecule has 1 fully saturated rings. The van der Waals surface area contributed by atoms with E-state index in [0.29, 0.717) is 13.2 Å². The van der Waals surface area contributed by atoms with Crippen molar-refractivity contribution < 1.29 is 14.3 Å². The molecule has 0 bridgehead atoms. The number of hydrogen-bond acceptors (Lipinski definition) is 7. The lowest BCUT2D eigenvalue weighted by molar-refractivity contribution is 0.0376. The van der Waals surface area contributed by atoms with E-state index in [1.54, 1.807) is 23.1 Å². The summed E-state index contributed by atoms with van der Waals surface area (Å²) in [6, 6.07) is 13.7. The van der Waals surface area contributed by atoms with Gasteiger partial charge in [-0.15, -0.1) is 11.8 Å².